The van der Waals surface area contributed by atoms with Gasteiger partial charge in [-0.05, 0) is 29.8 Å². The molecule has 0 aliphatic carbocycles. The Morgan fingerprint density at radius 3 is 2.11 bits per heavy atom. The molecule has 6 heteroatoms. The quantitative estimate of drug-likeness (QED) is 0.658. The zero-order valence-corrected chi connectivity index (χ0v) is 9.48. The van der Waals surface area contributed by atoms with Crippen molar-refractivity contribution < 1.29 is 22.0 Å². The second-order valence-corrected chi connectivity index (χ2v) is 3.82. The third kappa shape index (κ3) is 2.83. The van der Waals surface area contributed by atoms with Crippen LogP contribution < -0.4 is 5.32 Å². The Bertz CT molecular complexity index is 612. The molecule has 0 aliphatic heterocycles. The van der Waals surface area contributed by atoms with Crippen LogP contribution in [0.25, 0.3) is 0 Å². The zero-order valence-electron chi connectivity index (χ0n) is 9.48. The highest BCUT2D eigenvalue weighted by Gasteiger charge is 2.13. The number of hydrogen-bond donors (Lipinski definition) is 1. The maximum atomic E-state index is 13.3. The smallest absolute Gasteiger partial charge is 0.196 e. The molecule has 100 valence electrons. The molecule has 0 amide bonds. The fraction of sp³-hybridized carbons (Fsp3) is 0.0769. The molecule has 2 rings (SSSR count). The van der Waals surface area contributed by atoms with Gasteiger partial charge in [0.1, 0.15) is 0 Å². The minimum Gasteiger partial charge on any atom is -0.379 e. The summed E-state index contributed by atoms with van der Waals surface area (Å²) in [4.78, 5) is 0. The Labute approximate surface area is 105 Å². The second-order valence-electron chi connectivity index (χ2n) is 3.82. The van der Waals surface area contributed by atoms with Gasteiger partial charge in [-0.1, -0.05) is 6.07 Å². The van der Waals surface area contributed by atoms with Crippen molar-refractivity contribution in [2.24, 2.45) is 0 Å². The molecule has 0 aromatic heterocycles. The van der Waals surface area contributed by atoms with Gasteiger partial charge >= 0.3 is 0 Å². The first-order chi connectivity index (χ1) is 8.99. The minimum atomic E-state index is -1.59. The van der Waals surface area contributed by atoms with E-state index in [4.69, 9.17) is 0 Å². The van der Waals surface area contributed by atoms with Gasteiger partial charge < -0.3 is 5.32 Å². The van der Waals surface area contributed by atoms with Gasteiger partial charge in [-0.15, -0.1) is 0 Å². The first kappa shape index (κ1) is 13.3. The molecule has 0 fully saturated rings. The van der Waals surface area contributed by atoms with Gasteiger partial charge in [0, 0.05) is 6.54 Å². The first-order valence-corrected chi connectivity index (χ1v) is 5.30. The van der Waals surface area contributed by atoms with Crippen molar-refractivity contribution in [3.05, 3.63) is 65.0 Å². The van der Waals surface area contributed by atoms with E-state index in [0.717, 1.165) is 24.3 Å². The molecule has 0 saturated heterocycles. The summed E-state index contributed by atoms with van der Waals surface area (Å²) in [7, 11) is 0. The summed E-state index contributed by atoms with van der Waals surface area (Å²) < 4.78 is 64.5. The van der Waals surface area contributed by atoms with Crippen molar-refractivity contribution >= 4 is 5.69 Å². The lowest BCUT2D eigenvalue weighted by Crippen LogP contribution is -2.04. The van der Waals surface area contributed by atoms with Gasteiger partial charge in [0.15, 0.2) is 29.1 Å². The maximum absolute atomic E-state index is 13.3. The number of rotatable bonds is 3. The molecule has 2 aromatic rings. The molecule has 0 radical (unpaired) electrons. The SMILES string of the molecule is Fc1ccc(CNc2ccc(F)c(F)c2F)cc1F. The fourth-order valence-corrected chi connectivity index (χ4v) is 1.51. The topological polar surface area (TPSA) is 12.0 Å². The normalized spacial score (nSPS) is 10.6. The average Bonchev–Trinajstić information content (AvgIpc) is 2.39. The van der Waals surface area contributed by atoms with Gasteiger partial charge in [-0.2, -0.15) is 0 Å². The maximum Gasteiger partial charge on any atom is 0.196 e. The van der Waals surface area contributed by atoms with Crippen LogP contribution in [0.5, 0.6) is 0 Å². The summed E-state index contributed by atoms with van der Waals surface area (Å²) in [5.41, 5.74) is 0.0756. The number of nitrogens with one attached hydrogen (secondary N) is 1. The van der Waals surface area contributed by atoms with Crippen molar-refractivity contribution in [1.29, 1.82) is 0 Å². The molecular weight excluding hydrogens is 265 g/mol. The molecule has 1 nitrogen and oxygen atoms in total. The molecule has 0 heterocycles. The standard InChI is InChI=1S/C13H8F5N/c14-8-2-1-7(5-10(8)16)6-19-11-4-3-9(15)12(17)13(11)18/h1-5,19H,6H2. The van der Waals surface area contributed by atoms with Gasteiger partial charge in [-0.3, -0.25) is 0 Å². The lowest BCUT2D eigenvalue weighted by molar-refractivity contribution is 0.449. The van der Waals surface area contributed by atoms with Gasteiger partial charge in [0.2, 0.25) is 0 Å². The van der Waals surface area contributed by atoms with Crippen LogP contribution in [0.1, 0.15) is 5.56 Å². The highest BCUT2D eigenvalue weighted by Crippen LogP contribution is 2.20. The van der Waals surface area contributed by atoms with Gasteiger partial charge in [0.25, 0.3) is 0 Å². The lowest BCUT2D eigenvalue weighted by atomic mass is 10.2. The summed E-state index contributed by atoms with van der Waals surface area (Å²) in [6, 6.07) is 4.94. The van der Waals surface area contributed by atoms with E-state index in [1.165, 1.54) is 6.07 Å². The molecule has 2 aromatic carbocycles. The van der Waals surface area contributed by atoms with Gasteiger partial charge in [0.05, 0.1) is 5.69 Å². The monoisotopic (exact) mass is 273 g/mol. The van der Waals surface area contributed by atoms with E-state index in [-0.39, 0.29) is 12.2 Å². The number of halogens is 5. The van der Waals surface area contributed by atoms with Crippen LogP contribution in [0.4, 0.5) is 27.6 Å². The molecule has 0 aliphatic rings. The summed E-state index contributed by atoms with van der Waals surface area (Å²) in [6.07, 6.45) is 0. The highest BCUT2D eigenvalue weighted by atomic mass is 19.2. The van der Waals surface area contributed by atoms with E-state index in [0.29, 0.717) is 5.56 Å². The summed E-state index contributed by atoms with van der Waals surface area (Å²) >= 11 is 0. The number of benzene rings is 2. The van der Waals surface area contributed by atoms with E-state index in [1.54, 1.807) is 0 Å². The van der Waals surface area contributed by atoms with Crippen molar-refractivity contribution in [2.45, 2.75) is 6.54 Å². The van der Waals surface area contributed by atoms with Crippen LogP contribution in [0.15, 0.2) is 30.3 Å². The Morgan fingerprint density at radius 1 is 0.737 bits per heavy atom. The predicted octanol–water partition coefficient (Wildman–Crippen LogP) is 3.99. The van der Waals surface area contributed by atoms with E-state index in [2.05, 4.69) is 5.32 Å². The van der Waals surface area contributed by atoms with Crippen LogP contribution in [0.3, 0.4) is 0 Å². The van der Waals surface area contributed by atoms with E-state index >= 15 is 0 Å². The van der Waals surface area contributed by atoms with Gasteiger partial charge in [-0.25, -0.2) is 22.0 Å². The van der Waals surface area contributed by atoms with E-state index in [9.17, 15) is 22.0 Å². The largest absolute Gasteiger partial charge is 0.379 e. The zero-order chi connectivity index (χ0) is 14.0. The van der Waals surface area contributed by atoms with Crippen LogP contribution in [-0.4, -0.2) is 0 Å². The second kappa shape index (κ2) is 5.26. The number of hydrogen-bond acceptors (Lipinski definition) is 1. The molecule has 19 heavy (non-hydrogen) atoms. The third-order valence-electron chi connectivity index (χ3n) is 2.50. The minimum absolute atomic E-state index is 0.0564. The lowest BCUT2D eigenvalue weighted by Gasteiger charge is -2.08. The molecule has 0 atom stereocenters. The summed E-state index contributed by atoms with van der Waals surface area (Å²) in [5, 5.41) is 2.47. The van der Waals surface area contributed by atoms with Crippen molar-refractivity contribution in [2.75, 3.05) is 5.32 Å². The average molecular weight is 273 g/mol. The molecule has 1 N–H and O–H groups in total. The molecular formula is C13H8F5N. The molecule has 0 unspecified atom stereocenters. The highest BCUT2D eigenvalue weighted by molar-refractivity contribution is 5.45. The fourth-order valence-electron chi connectivity index (χ4n) is 1.51. The predicted molar refractivity (Wildman–Crippen MR) is 60.0 cm³/mol. The van der Waals surface area contributed by atoms with Crippen LogP contribution in [-0.2, 0) is 6.54 Å². The van der Waals surface area contributed by atoms with Crippen molar-refractivity contribution in [3.8, 4) is 0 Å². The first-order valence-electron chi connectivity index (χ1n) is 5.30. The van der Waals surface area contributed by atoms with Crippen molar-refractivity contribution in [3.63, 3.8) is 0 Å². The Morgan fingerprint density at radius 2 is 1.42 bits per heavy atom. The van der Waals surface area contributed by atoms with Crippen LogP contribution >= 0.6 is 0 Å². The molecule has 0 saturated carbocycles. The van der Waals surface area contributed by atoms with Crippen LogP contribution in [0, 0.1) is 29.1 Å². The summed E-state index contributed by atoms with van der Waals surface area (Å²) in [6.45, 7) is -0.0564. The number of anilines is 1. The Hall–Kier alpha value is -2.11. The summed E-state index contributed by atoms with van der Waals surface area (Å²) in [5.74, 6) is -6.28. The van der Waals surface area contributed by atoms with Crippen molar-refractivity contribution in [1.82, 2.24) is 0 Å². The van der Waals surface area contributed by atoms with Crippen LogP contribution in [0.2, 0.25) is 0 Å². The Kier molecular flexibility index (Phi) is 3.69. The molecule has 0 bridgehead atoms. The molecule has 0 spiro atoms. The van der Waals surface area contributed by atoms with E-state index < -0.39 is 29.1 Å². The van der Waals surface area contributed by atoms with E-state index in [1.807, 2.05) is 0 Å². The Balaban J connectivity index is 2.14. The third-order valence-corrected chi connectivity index (χ3v) is 2.50.